The first kappa shape index (κ1) is 20.6. The molecule has 0 bridgehead atoms. The molecule has 1 aliphatic heterocycles. The van der Waals surface area contributed by atoms with Gasteiger partial charge in [-0.05, 0) is 48.2 Å². The number of fused-ring (bicyclic) bond motifs is 1. The largest absolute Gasteiger partial charge is 0.349 e. The third kappa shape index (κ3) is 4.26. The highest BCUT2D eigenvalue weighted by Crippen LogP contribution is 2.26. The zero-order chi connectivity index (χ0) is 21.1. The predicted octanol–water partition coefficient (Wildman–Crippen LogP) is 5.33. The number of piperidine rings is 1. The second-order valence-electron chi connectivity index (χ2n) is 7.84. The van der Waals surface area contributed by atoms with Gasteiger partial charge in [0.1, 0.15) is 0 Å². The fourth-order valence-electron chi connectivity index (χ4n) is 4.16. The predicted molar refractivity (Wildman–Crippen MR) is 123 cm³/mol. The first-order valence-electron chi connectivity index (χ1n) is 10.4. The molecule has 0 saturated carbocycles. The van der Waals surface area contributed by atoms with Gasteiger partial charge in [0.15, 0.2) is 0 Å². The highest BCUT2D eigenvalue weighted by molar-refractivity contribution is 9.10. The van der Waals surface area contributed by atoms with Gasteiger partial charge >= 0.3 is 0 Å². The summed E-state index contributed by atoms with van der Waals surface area (Å²) >= 11 is 3.55. The third-order valence-electron chi connectivity index (χ3n) is 5.90. The molecule has 1 fully saturated rings. The van der Waals surface area contributed by atoms with Crippen LogP contribution < -0.4 is 5.32 Å². The van der Waals surface area contributed by atoms with Crippen molar-refractivity contribution in [3.63, 3.8) is 0 Å². The van der Waals surface area contributed by atoms with E-state index in [0.717, 1.165) is 26.4 Å². The lowest BCUT2D eigenvalue weighted by Crippen LogP contribution is -2.43. The molecule has 3 aromatic carbocycles. The van der Waals surface area contributed by atoms with Crippen LogP contribution in [0.25, 0.3) is 10.8 Å². The highest BCUT2D eigenvalue weighted by Gasteiger charge is 2.29. The van der Waals surface area contributed by atoms with Gasteiger partial charge in [-0.1, -0.05) is 70.5 Å². The van der Waals surface area contributed by atoms with Crippen LogP contribution in [0.5, 0.6) is 0 Å². The van der Waals surface area contributed by atoms with Crippen LogP contribution >= 0.6 is 15.9 Å². The number of nitrogens with one attached hydrogen (secondary N) is 1. The van der Waals surface area contributed by atoms with Gasteiger partial charge in [0, 0.05) is 29.0 Å². The minimum absolute atomic E-state index is 0.0484. The van der Waals surface area contributed by atoms with Crippen molar-refractivity contribution in [2.24, 2.45) is 5.92 Å². The number of amides is 2. The summed E-state index contributed by atoms with van der Waals surface area (Å²) in [6.45, 7) is 3.20. The SMILES string of the molecule is CC(NC(=O)C1CCN(C(=O)c2cccc3ccccc23)CC1)c1ccccc1Br. The summed E-state index contributed by atoms with van der Waals surface area (Å²) in [6.07, 6.45) is 1.37. The minimum atomic E-state index is -0.0663. The molecule has 0 spiro atoms. The van der Waals surface area contributed by atoms with E-state index in [9.17, 15) is 9.59 Å². The Bertz CT molecular complexity index is 1070. The average molecular weight is 465 g/mol. The molecule has 1 aliphatic rings. The van der Waals surface area contributed by atoms with Crippen LogP contribution in [-0.4, -0.2) is 29.8 Å². The third-order valence-corrected chi connectivity index (χ3v) is 6.63. The van der Waals surface area contributed by atoms with Crippen molar-refractivity contribution in [2.45, 2.75) is 25.8 Å². The second kappa shape index (κ2) is 9.00. The van der Waals surface area contributed by atoms with Gasteiger partial charge in [-0.3, -0.25) is 9.59 Å². The van der Waals surface area contributed by atoms with E-state index in [0.29, 0.717) is 25.9 Å². The molecule has 0 aliphatic carbocycles. The first-order chi connectivity index (χ1) is 14.5. The van der Waals surface area contributed by atoms with Crippen molar-refractivity contribution < 1.29 is 9.59 Å². The number of carbonyl (C=O) groups excluding carboxylic acids is 2. The van der Waals surface area contributed by atoms with Crippen LogP contribution in [0, 0.1) is 5.92 Å². The van der Waals surface area contributed by atoms with Crippen LogP contribution in [0.3, 0.4) is 0 Å². The minimum Gasteiger partial charge on any atom is -0.349 e. The second-order valence-corrected chi connectivity index (χ2v) is 8.70. The molecule has 4 nitrogen and oxygen atoms in total. The number of carbonyl (C=O) groups is 2. The molecule has 2 amide bonds. The van der Waals surface area contributed by atoms with Gasteiger partial charge in [0.05, 0.1) is 6.04 Å². The summed E-state index contributed by atoms with van der Waals surface area (Å²) in [6, 6.07) is 21.7. The lowest BCUT2D eigenvalue weighted by Gasteiger charge is -2.32. The van der Waals surface area contributed by atoms with Gasteiger partial charge in [-0.25, -0.2) is 0 Å². The summed E-state index contributed by atoms with van der Waals surface area (Å²) in [5.41, 5.74) is 1.80. The Balaban J connectivity index is 1.38. The number of hydrogen-bond acceptors (Lipinski definition) is 2. The molecule has 1 unspecified atom stereocenters. The van der Waals surface area contributed by atoms with Crippen molar-refractivity contribution >= 4 is 38.5 Å². The zero-order valence-corrected chi connectivity index (χ0v) is 18.6. The molecule has 3 aromatic rings. The summed E-state index contributed by atoms with van der Waals surface area (Å²) in [7, 11) is 0. The van der Waals surface area contributed by atoms with E-state index in [4.69, 9.17) is 0 Å². The number of rotatable bonds is 4. The van der Waals surface area contributed by atoms with Crippen molar-refractivity contribution in [2.75, 3.05) is 13.1 Å². The molecule has 30 heavy (non-hydrogen) atoms. The quantitative estimate of drug-likeness (QED) is 0.566. The Hall–Kier alpha value is -2.66. The highest BCUT2D eigenvalue weighted by atomic mass is 79.9. The van der Waals surface area contributed by atoms with Crippen molar-refractivity contribution in [1.82, 2.24) is 10.2 Å². The van der Waals surface area contributed by atoms with Crippen LogP contribution in [0.4, 0.5) is 0 Å². The van der Waals surface area contributed by atoms with E-state index < -0.39 is 0 Å². The Morgan fingerprint density at radius 1 is 0.967 bits per heavy atom. The molecule has 1 atom stereocenters. The number of likely N-dealkylation sites (tertiary alicyclic amines) is 1. The van der Waals surface area contributed by atoms with Crippen molar-refractivity contribution in [1.29, 1.82) is 0 Å². The van der Waals surface area contributed by atoms with Crippen LogP contribution in [-0.2, 0) is 4.79 Å². The van der Waals surface area contributed by atoms with Gasteiger partial charge in [-0.15, -0.1) is 0 Å². The van der Waals surface area contributed by atoms with Gasteiger partial charge in [-0.2, -0.15) is 0 Å². The maximum atomic E-state index is 13.1. The molecule has 154 valence electrons. The number of halogens is 1. The Morgan fingerprint density at radius 3 is 2.40 bits per heavy atom. The fraction of sp³-hybridized carbons (Fsp3) is 0.280. The molecule has 0 radical (unpaired) electrons. The molecule has 1 N–H and O–H groups in total. The molecule has 1 saturated heterocycles. The van der Waals surface area contributed by atoms with E-state index in [-0.39, 0.29) is 23.8 Å². The van der Waals surface area contributed by atoms with Crippen molar-refractivity contribution in [3.05, 3.63) is 82.3 Å². The van der Waals surface area contributed by atoms with Crippen LogP contribution in [0.2, 0.25) is 0 Å². The van der Waals surface area contributed by atoms with E-state index in [1.54, 1.807) is 0 Å². The normalized spacial score (nSPS) is 15.7. The van der Waals surface area contributed by atoms with Gasteiger partial charge in [0.2, 0.25) is 5.91 Å². The molecule has 0 aromatic heterocycles. The van der Waals surface area contributed by atoms with E-state index >= 15 is 0 Å². The van der Waals surface area contributed by atoms with E-state index in [1.807, 2.05) is 78.6 Å². The Labute approximate surface area is 185 Å². The monoisotopic (exact) mass is 464 g/mol. The standard InChI is InChI=1S/C25H25BrN2O2/c1-17(20-9-4-5-12-23(20)26)27-24(29)19-13-15-28(16-14-19)25(30)22-11-6-8-18-7-2-3-10-21(18)22/h2-12,17,19H,13-16H2,1H3,(H,27,29). The maximum Gasteiger partial charge on any atom is 0.254 e. The molecule has 4 rings (SSSR count). The summed E-state index contributed by atoms with van der Waals surface area (Å²) in [5.74, 6) is 0.0502. The van der Waals surface area contributed by atoms with E-state index in [2.05, 4.69) is 21.2 Å². The number of benzene rings is 3. The topological polar surface area (TPSA) is 49.4 Å². The van der Waals surface area contributed by atoms with Crippen LogP contribution in [0.1, 0.15) is 41.7 Å². The first-order valence-corrected chi connectivity index (χ1v) is 11.2. The molecule has 1 heterocycles. The maximum absolute atomic E-state index is 13.1. The number of nitrogens with zero attached hydrogens (tertiary/aromatic N) is 1. The van der Waals surface area contributed by atoms with Crippen LogP contribution in [0.15, 0.2) is 71.2 Å². The van der Waals surface area contributed by atoms with E-state index in [1.165, 1.54) is 0 Å². The van der Waals surface area contributed by atoms with Crippen molar-refractivity contribution in [3.8, 4) is 0 Å². The fourth-order valence-corrected chi connectivity index (χ4v) is 4.79. The van der Waals surface area contributed by atoms with Gasteiger partial charge < -0.3 is 10.2 Å². The number of hydrogen-bond donors (Lipinski definition) is 1. The Kier molecular flexibility index (Phi) is 6.18. The summed E-state index contributed by atoms with van der Waals surface area (Å²) in [4.78, 5) is 27.8. The molecular weight excluding hydrogens is 440 g/mol. The molecule has 5 heteroatoms. The lowest BCUT2D eigenvalue weighted by molar-refractivity contribution is -0.127. The molecular formula is C25H25BrN2O2. The zero-order valence-electron chi connectivity index (χ0n) is 17.0. The average Bonchev–Trinajstić information content (AvgIpc) is 2.78. The van der Waals surface area contributed by atoms with Gasteiger partial charge in [0.25, 0.3) is 5.91 Å². The Morgan fingerprint density at radius 2 is 1.63 bits per heavy atom. The lowest BCUT2D eigenvalue weighted by atomic mass is 9.94. The summed E-state index contributed by atoms with van der Waals surface area (Å²) < 4.78 is 0.994. The smallest absolute Gasteiger partial charge is 0.254 e. The summed E-state index contributed by atoms with van der Waals surface area (Å²) in [5, 5.41) is 5.18.